The van der Waals surface area contributed by atoms with E-state index >= 15 is 0 Å². The summed E-state index contributed by atoms with van der Waals surface area (Å²) < 4.78 is 39.3. The van der Waals surface area contributed by atoms with Crippen LogP contribution in [0.1, 0.15) is 18.0 Å². The lowest BCUT2D eigenvalue weighted by Gasteiger charge is -2.06. The van der Waals surface area contributed by atoms with Crippen molar-refractivity contribution in [1.82, 2.24) is 4.98 Å². The zero-order valence-electron chi connectivity index (χ0n) is 16.4. The van der Waals surface area contributed by atoms with Crippen molar-refractivity contribution in [2.24, 2.45) is 0 Å². The van der Waals surface area contributed by atoms with E-state index in [1.165, 1.54) is 0 Å². The zero-order chi connectivity index (χ0) is 18.3. The van der Waals surface area contributed by atoms with Crippen molar-refractivity contribution in [3.63, 3.8) is 0 Å². The second kappa shape index (κ2) is 5.30. The summed E-state index contributed by atoms with van der Waals surface area (Å²) in [7, 11) is 0. The maximum Gasteiger partial charge on any atom is 0.0702 e. The number of aryl methyl sites for hydroxylation is 2. The summed E-state index contributed by atoms with van der Waals surface area (Å²) >= 11 is 0. The first-order chi connectivity index (χ1) is 11.8. The number of aromatic nitrogens is 1. The van der Waals surface area contributed by atoms with Gasteiger partial charge in [0.1, 0.15) is 0 Å². The largest absolute Gasteiger partial charge is 0.256 e. The van der Waals surface area contributed by atoms with Gasteiger partial charge in [0.05, 0.1) is 12.5 Å². The highest BCUT2D eigenvalue weighted by Gasteiger charge is 2.02. The molecular formula is C19H17N. The van der Waals surface area contributed by atoms with E-state index in [2.05, 4.69) is 11.1 Å². The van der Waals surface area contributed by atoms with Crippen LogP contribution in [-0.4, -0.2) is 4.98 Å². The van der Waals surface area contributed by atoms with Crippen molar-refractivity contribution in [3.8, 4) is 22.4 Å². The first-order valence-electron chi connectivity index (χ1n) is 8.91. The van der Waals surface area contributed by atoms with E-state index in [1.807, 2.05) is 32.0 Å². The molecule has 1 heterocycles. The molecule has 0 atom stereocenters. The lowest BCUT2D eigenvalue weighted by Crippen LogP contribution is -1.87. The van der Waals surface area contributed by atoms with Crippen LogP contribution < -0.4 is 0 Å². The van der Waals surface area contributed by atoms with Crippen LogP contribution in [0.25, 0.3) is 22.4 Å². The van der Waals surface area contributed by atoms with Crippen molar-refractivity contribution in [2.45, 2.75) is 13.8 Å². The Hall–Kier alpha value is -2.41. The molecule has 0 spiro atoms. The van der Waals surface area contributed by atoms with Gasteiger partial charge in [-0.3, -0.25) is 4.98 Å². The third kappa shape index (κ3) is 2.62. The minimum Gasteiger partial charge on any atom is -0.256 e. The molecule has 1 aromatic heterocycles. The molecule has 0 saturated carbocycles. The summed E-state index contributed by atoms with van der Waals surface area (Å²) in [5.74, 6) is 0. The van der Waals surface area contributed by atoms with Crippen LogP contribution in [0.2, 0.25) is 0 Å². The predicted octanol–water partition coefficient (Wildman–Crippen LogP) is 5.03. The second-order valence-corrected chi connectivity index (χ2v) is 4.81. The minimum absolute atomic E-state index is 0.172. The molecule has 3 rings (SSSR count). The fourth-order valence-electron chi connectivity index (χ4n) is 2.23. The first-order valence-corrected chi connectivity index (χ1v) is 6.41. The van der Waals surface area contributed by atoms with Crippen molar-refractivity contribution in [3.05, 3.63) is 77.9 Å². The molecule has 0 fully saturated rings. The molecule has 0 saturated heterocycles. The van der Waals surface area contributed by atoms with E-state index in [-0.39, 0.29) is 29.7 Å². The smallest absolute Gasteiger partial charge is 0.0702 e. The molecule has 20 heavy (non-hydrogen) atoms. The number of nitrogens with zero attached hydrogens (tertiary/aromatic N) is 1. The molecule has 1 heteroatoms. The SMILES string of the molecule is [2H]c1c([2H])c([2H])c(-c2ccc(-c3cc(C)cc(C)c3)nc2)c([2H])c1[2H]. The first kappa shape index (κ1) is 8.01. The average Bonchev–Trinajstić information content (AvgIpc) is 2.58. The van der Waals surface area contributed by atoms with Gasteiger partial charge in [-0.25, -0.2) is 0 Å². The van der Waals surface area contributed by atoms with Gasteiger partial charge in [0, 0.05) is 17.3 Å². The Kier molecular flexibility index (Phi) is 2.12. The number of benzene rings is 2. The Morgan fingerprint density at radius 2 is 1.50 bits per heavy atom. The molecule has 0 bridgehead atoms. The lowest BCUT2D eigenvalue weighted by atomic mass is 10.0. The van der Waals surface area contributed by atoms with Gasteiger partial charge in [0.2, 0.25) is 0 Å². The summed E-state index contributed by atoms with van der Waals surface area (Å²) in [5, 5.41) is 0. The van der Waals surface area contributed by atoms with Gasteiger partial charge in [0.15, 0.2) is 0 Å². The standard InChI is InChI=1S/C19H17N/c1-14-10-15(2)12-18(11-14)19-9-8-17(13-20-19)16-6-4-3-5-7-16/h3-13H,1-2H3/i3D,4D,5D,6D,7D. The van der Waals surface area contributed by atoms with Gasteiger partial charge in [-0.05, 0) is 37.6 Å². The number of hydrogen-bond acceptors (Lipinski definition) is 1. The Bertz CT molecular complexity index is 915. The van der Waals surface area contributed by atoms with Crippen molar-refractivity contribution < 1.29 is 6.85 Å². The normalized spacial score (nSPS) is 14.0. The minimum atomic E-state index is -0.390. The highest BCUT2D eigenvalue weighted by Crippen LogP contribution is 2.23. The second-order valence-electron chi connectivity index (χ2n) is 4.81. The molecular weight excluding hydrogens is 242 g/mol. The van der Waals surface area contributed by atoms with Gasteiger partial charge < -0.3 is 0 Å². The Labute approximate surface area is 127 Å². The molecule has 0 aliphatic carbocycles. The maximum absolute atomic E-state index is 8.05. The van der Waals surface area contributed by atoms with Gasteiger partial charge >= 0.3 is 0 Å². The molecule has 2 aromatic carbocycles. The average molecular weight is 264 g/mol. The molecule has 1 nitrogen and oxygen atoms in total. The molecule has 3 aromatic rings. The van der Waals surface area contributed by atoms with Gasteiger partial charge in [-0.15, -0.1) is 0 Å². The Morgan fingerprint density at radius 1 is 0.800 bits per heavy atom. The van der Waals surface area contributed by atoms with Crippen LogP contribution in [0, 0.1) is 13.8 Å². The number of pyridine rings is 1. The Morgan fingerprint density at radius 3 is 2.10 bits per heavy atom. The topological polar surface area (TPSA) is 12.9 Å². The van der Waals surface area contributed by atoms with E-state index in [9.17, 15) is 0 Å². The molecule has 98 valence electrons. The van der Waals surface area contributed by atoms with Crippen molar-refractivity contribution in [1.29, 1.82) is 0 Å². The fourth-order valence-corrected chi connectivity index (χ4v) is 2.23. The Balaban J connectivity index is 2.10. The fraction of sp³-hybridized carbons (Fsp3) is 0.105. The van der Waals surface area contributed by atoms with E-state index in [0.717, 1.165) is 22.4 Å². The molecule has 0 N–H and O–H groups in total. The van der Waals surface area contributed by atoms with Crippen LogP contribution in [0.3, 0.4) is 0 Å². The molecule has 0 aliphatic heterocycles. The van der Waals surface area contributed by atoms with E-state index in [4.69, 9.17) is 6.85 Å². The maximum atomic E-state index is 8.05. The van der Waals surface area contributed by atoms with E-state index < -0.39 is 6.04 Å². The molecule has 0 aliphatic rings. The summed E-state index contributed by atoms with van der Waals surface area (Å²) in [5.41, 5.74) is 4.74. The van der Waals surface area contributed by atoms with Gasteiger partial charge in [-0.1, -0.05) is 53.5 Å². The predicted molar refractivity (Wildman–Crippen MR) is 84.6 cm³/mol. The lowest BCUT2D eigenvalue weighted by molar-refractivity contribution is 1.30. The summed E-state index contributed by atoms with van der Waals surface area (Å²) in [6.45, 7) is 4.05. The number of rotatable bonds is 2. The van der Waals surface area contributed by atoms with Crippen LogP contribution >= 0.6 is 0 Å². The molecule has 0 radical (unpaired) electrons. The van der Waals surface area contributed by atoms with Crippen LogP contribution in [0.15, 0.2) is 66.7 Å². The van der Waals surface area contributed by atoms with Crippen LogP contribution in [0.5, 0.6) is 0 Å². The van der Waals surface area contributed by atoms with E-state index in [1.54, 1.807) is 12.3 Å². The van der Waals surface area contributed by atoms with Gasteiger partial charge in [0.25, 0.3) is 0 Å². The summed E-state index contributed by atoms with van der Waals surface area (Å²) in [6.07, 6.45) is 1.56. The third-order valence-electron chi connectivity index (χ3n) is 3.07. The summed E-state index contributed by atoms with van der Waals surface area (Å²) in [4.78, 5) is 4.44. The van der Waals surface area contributed by atoms with Crippen molar-refractivity contribution >= 4 is 0 Å². The number of hydrogen-bond donors (Lipinski definition) is 0. The van der Waals surface area contributed by atoms with E-state index in [0.29, 0.717) is 5.56 Å². The monoisotopic (exact) mass is 264 g/mol. The highest BCUT2D eigenvalue weighted by molar-refractivity contribution is 5.67. The van der Waals surface area contributed by atoms with Crippen LogP contribution in [0.4, 0.5) is 0 Å². The molecule has 0 unspecified atom stereocenters. The third-order valence-corrected chi connectivity index (χ3v) is 3.07. The quantitative estimate of drug-likeness (QED) is 0.632. The summed E-state index contributed by atoms with van der Waals surface area (Å²) in [6, 6.07) is 8.23. The van der Waals surface area contributed by atoms with Crippen LogP contribution in [-0.2, 0) is 0 Å². The molecule has 0 amide bonds. The van der Waals surface area contributed by atoms with Gasteiger partial charge in [-0.2, -0.15) is 0 Å². The zero-order valence-corrected chi connectivity index (χ0v) is 11.4. The van der Waals surface area contributed by atoms with Crippen molar-refractivity contribution in [2.75, 3.05) is 0 Å². The highest BCUT2D eigenvalue weighted by atomic mass is 14.7.